The highest BCUT2D eigenvalue weighted by atomic mass is 16.6. The molecule has 34 heavy (non-hydrogen) atoms. The van der Waals surface area contributed by atoms with Crippen LogP contribution in [0.2, 0.25) is 0 Å². The smallest absolute Gasteiger partial charge is 0.410 e. The van der Waals surface area contributed by atoms with Gasteiger partial charge in [0.2, 0.25) is 5.91 Å². The van der Waals surface area contributed by atoms with Gasteiger partial charge in [0.15, 0.2) is 0 Å². The van der Waals surface area contributed by atoms with E-state index < -0.39 is 0 Å². The van der Waals surface area contributed by atoms with Gasteiger partial charge < -0.3 is 19.4 Å². The van der Waals surface area contributed by atoms with Crippen LogP contribution in [0.5, 0.6) is 0 Å². The van der Waals surface area contributed by atoms with Crippen LogP contribution < -0.4 is 4.90 Å². The van der Waals surface area contributed by atoms with Gasteiger partial charge in [0.05, 0.1) is 6.04 Å². The van der Waals surface area contributed by atoms with Gasteiger partial charge in [-0.2, -0.15) is 0 Å². The summed E-state index contributed by atoms with van der Waals surface area (Å²) in [5.41, 5.74) is 4.50. The molecule has 2 heterocycles. The van der Waals surface area contributed by atoms with E-state index in [0.717, 1.165) is 51.1 Å². The van der Waals surface area contributed by atoms with Gasteiger partial charge in [-0.3, -0.25) is 4.79 Å². The molecule has 5 rings (SSSR count). The lowest BCUT2D eigenvalue weighted by atomic mass is 9.94. The summed E-state index contributed by atoms with van der Waals surface area (Å²) in [6.07, 6.45) is 1.74. The molecule has 6 nitrogen and oxygen atoms in total. The van der Waals surface area contributed by atoms with Crippen molar-refractivity contribution in [1.29, 1.82) is 0 Å². The van der Waals surface area contributed by atoms with E-state index in [1.807, 2.05) is 60.9 Å². The van der Waals surface area contributed by atoms with Crippen molar-refractivity contribution in [3.05, 3.63) is 65.2 Å². The van der Waals surface area contributed by atoms with E-state index in [-0.39, 0.29) is 23.5 Å². The van der Waals surface area contributed by atoms with E-state index >= 15 is 0 Å². The minimum Gasteiger partial charge on any atom is -0.445 e. The predicted molar refractivity (Wildman–Crippen MR) is 133 cm³/mol. The molecule has 0 spiro atoms. The minimum absolute atomic E-state index is 0.0840. The molecule has 0 aromatic heterocycles. The molecule has 2 atom stereocenters. The van der Waals surface area contributed by atoms with E-state index in [1.165, 1.54) is 16.8 Å². The minimum atomic E-state index is -0.341. The Balaban J connectivity index is 1.27. The molecule has 0 saturated carbocycles. The molecule has 180 valence electrons. The van der Waals surface area contributed by atoms with Crippen LogP contribution >= 0.6 is 0 Å². The molecule has 2 aromatic rings. The van der Waals surface area contributed by atoms with Crippen molar-refractivity contribution < 1.29 is 14.3 Å². The summed E-state index contributed by atoms with van der Waals surface area (Å²) in [4.78, 5) is 31.9. The van der Waals surface area contributed by atoms with Crippen molar-refractivity contribution in [1.82, 2.24) is 9.80 Å². The topological polar surface area (TPSA) is 53.1 Å². The van der Waals surface area contributed by atoms with Crippen LogP contribution in [0.25, 0.3) is 0 Å². The average molecular weight is 462 g/mol. The second kappa shape index (κ2) is 8.97. The molecule has 2 aliphatic heterocycles. The number of anilines is 1. The molecular formula is C28H35N3O3. The Morgan fingerprint density at radius 3 is 2.38 bits per heavy atom. The maximum Gasteiger partial charge on any atom is 0.410 e. The fourth-order valence-electron chi connectivity index (χ4n) is 5.62. The Labute approximate surface area is 202 Å². The SMILES string of the molecule is CC(C)(C)C(=O)N1CCN(c2ccc3c(c2)[C@H]2CC3CCN2C(=O)OCc2ccccc2)CC1. The molecule has 0 radical (unpaired) electrons. The standard InChI is InChI=1S/C28H35N3O3/c1-28(2,3)26(32)30-15-13-29(14-16-30)22-9-10-23-21-11-12-31(25(17-21)24(23)18-22)27(33)34-19-20-7-5-4-6-8-20/h4-10,18,21,25H,11-17,19H2,1-3H3/t21?,25-/m1/s1. The van der Waals surface area contributed by atoms with Gasteiger partial charge in [-0.05, 0) is 47.6 Å². The molecule has 6 heteroatoms. The summed E-state index contributed by atoms with van der Waals surface area (Å²) in [5, 5.41) is 0. The number of carbonyl (C=O) groups is 2. The van der Waals surface area contributed by atoms with Crippen molar-refractivity contribution in [3.8, 4) is 0 Å². The van der Waals surface area contributed by atoms with Crippen LogP contribution in [-0.2, 0) is 16.1 Å². The quantitative estimate of drug-likeness (QED) is 0.649. The van der Waals surface area contributed by atoms with Crippen LogP contribution in [0, 0.1) is 5.41 Å². The highest BCUT2D eigenvalue weighted by Crippen LogP contribution is 2.50. The summed E-state index contributed by atoms with van der Waals surface area (Å²) in [5.74, 6) is 0.744. The third kappa shape index (κ3) is 4.38. The van der Waals surface area contributed by atoms with E-state index in [4.69, 9.17) is 4.74 Å². The highest BCUT2D eigenvalue weighted by Gasteiger charge is 2.42. The average Bonchev–Trinajstić information content (AvgIpc) is 3.13. The van der Waals surface area contributed by atoms with Crippen molar-refractivity contribution in [2.75, 3.05) is 37.6 Å². The summed E-state index contributed by atoms with van der Waals surface area (Å²) in [7, 11) is 0. The van der Waals surface area contributed by atoms with Gasteiger partial charge in [-0.1, -0.05) is 57.2 Å². The zero-order valence-electron chi connectivity index (χ0n) is 20.5. The Hall–Kier alpha value is -3.02. The Kier molecular flexibility index (Phi) is 6.00. The van der Waals surface area contributed by atoms with Crippen LogP contribution in [0.1, 0.15) is 62.3 Å². The molecule has 2 aromatic carbocycles. The Morgan fingerprint density at radius 1 is 0.941 bits per heavy atom. The zero-order chi connectivity index (χ0) is 23.9. The molecule has 3 aliphatic rings. The van der Waals surface area contributed by atoms with Gasteiger partial charge in [-0.15, -0.1) is 0 Å². The Morgan fingerprint density at radius 2 is 1.68 bits per heavy atom. The van der Waals surface area contributed by atoms with Gasteiger partial charge >= 0.3 is 6.09 Å². The summed E-state index contributed by atoms with van der Waals surface area (Å²) < 4.78 is 5.68. The fraction of sp³-hybridized carbons (Fsp3) is 0.500. The van der Waals surface area contributed by atoms with E-state index in [9.17, 15) is 9.59 Å². The largest absolute Gasteiger partial charge is 0.445 e. The molecular weight excluding hydrogens is 426 g/mol. The number of piperazine rings is 1. The van der Waals surface area contributed by atoms with Crippen LogP contribution in [-0.4, -0.2) is 54.5 Å². The highest BCUT2D eigenvalue weighted by molar-refractivity contribution is 5.81. The maximum atomic E-state index is 13.0. The molecule has 2 fully saturated rings. The number of benzene rings is 2. The first-order valence-corrected chi connectivity index (χ1v) is 12.5. The van der Waals surface area contributed by atoms with Gasteiger partial charge in [0.25, 0.3) is 0 Å². The molecule has 2 bridgehead atoms. The summed E-state index contributed by atoms with van der Waals surface area (Å²) in [6, 6.07) is 16.7. The number of hydrogen-bond acceptors (Lipinski definition) is 4. The lowest BCUT2D eigenvalue weighted by Gasteiger charge is -2.39. The number of ether oxygens (including phenoxy) is 1. The van der Waals surface area contributed by atoms with Crippen molar-refractivity contribution in [3.63, 3.8) is 0 Å². The molecule has 2 amide bonds. The Bertz CT molecular complexity index is 1050. The fourth-order valence-corrected chi connectivity index (χ4v) is 5.62. The zero-order valence-corrected chi connectivity index (χ0v) is 20.5. The van der Waals surface area contributed by atoms with Crippen LogP contribution in [0.15, 0.2) is 48.5 Å². The number of carbonyl (C=O) groups excluding carboxylic acids is 2. The second-order valence-corrected chi connectivity index (χ2v) is 10.8. The predicted octanol–water partition coefficient (Wildman–Crippen LogP) is 4.95. The molecule has 2 saturated heterocycles. The number of piperidine rings is 1. The first-order valence-electron chi connectivity index (χ1n) is 12.5. The summed E-state index contributed by atoms with van der Waals surface area (Å²) >= 11 is 0. The van der Waals surface area contributed by atoms with Crippen LogP contribution in [0.4, 0.5) is 10.5 Å². The molecule has 0 N–H and O–H groups in total. The van der Waals surface area contributed by atoms with Gasteiger partial charge in [0.1, 0.15) is 6.61 Å². The van der Waals surface area contributed by atoms with Gasteiger partial charge in [-0.25, -0.2) is 4.79 Å². The number of fused-ring (bicyclic) bond motifs is 5. The maximum absolute atomic E-state index is 13.0. The second-order valence-electron chi connectivity index (χ2n) is 10.8. The number of nitrogens with zero attached hydrogens (tertiary/aromatic N) is 3. The summed E-state index contributed by atoms with van der Waals surface area (Å²) in [6.45, 7) is 10.1. The number of hydrogen-bond donors (Lipinski definition) is 0. The third-order valence-corrected chi connectivity index (χ3v) is 7.48. The van der Waals surface area contributed by atoms with E-state index in [1.54, 1.807) is 0 Å². The number of likely N-dealkylation sites (tertiary alicyclic amines) is 1. The molecule has 1 unspecified atom stereocenters. The van der Waals surface area contributed by atoms with Crippen molar-refractivity contribution >= 4 is 17.7 Å². The first-order chi connectivity index (χ1) is 16.3. The lowest BCUT2D eigenvalue weighted by Crippen LogP contribution is -2.51. The first kappa shape index (κ1) is 22.8. The monoisotopic (exact) mass is 461 g/mol. The third-order valence-electron chi connectivity index (χ3n) is 7.48. The lowest BCUT2D eigenvalue weighted by molar-refractivity contribution is -0.139. The van der Waals surface area contributed by atoms with E-state index in [0.29, 0.717) is 12.5 Å². The van der Waals surface area contributed by atoms with E-state index in [2.05, 4.69) is 23.1 Å². The molecule has 1 aliphatic carbocycles. The van der Waals surface area contributed by atoms with Gasteiger partial charge in [0, 0.05) is 43.8 Å². The van der Waals surface area contributed by atoms with Crippen molar-refractivity contribution in [2.24, 2.45) is 5.41 Å². The van der Waals surface area contributed by atoms with Crippen molar-refractivity contribution in [2.45, 2.75) is 52.2 Å². The normalized spacial score (nSPS) is 21.9. The number of rotatable bonds is 3. The number of amides is 2. The van der Waals surface area contributed by atoms with Crippen LogP contribution in [0.3, 0.4) is 0 Å².